The molecule has 0 saturated carbocycles. The summed E-state index contributed by atoms with van der Waals surface area (Å²) < 4.78 is 23.0. The van der Waals surface area contributed by atoms with Crippen LogP contribution in [0.5, 0.6) is 5.75 Å². The summed E-state index contributed by atoms with van der Waals surface area (Å²) in [6, 6.07) is 20.1. The molecule has 358 valence electrons. The van der Waals surface area contributed by atoms with Crippen molar-refractivity contribution in [3.8, 4) is 5.75 Å². The van der Waals surface area contributed by atoms with Crippen molar-refractivity contribution in [3.63, 3.8) is 0 Å². The number of nitrogens with one attached hydrogen (secondary N) is 5. The van der Waals surface area contributed by atoms with Crippen LogP contribution in [0.15, 0.2) is 105 Å². The summed E-state index contributed by atoms with van der Waals surface area (Å²) in [6.45, 7) is 0.663. The number of hydrogen-bond donors (Lipinski definition) is 8. The van der Waals surface area contributed by atoms with Crippen molar-refractivity contribution in [2.45, 2.75) is 57.3 Å². The monoisotopic (exact) mass is 989 g/mol. The van der Waals surface area contributed by atoms with Gasteiger partial charge in [0, 0.05) is 81.4 Å². The van der Waals surface area contributed by atoms with Crippen LogP contribution in [0.25, 0.3) is 11.0 Å². The van der Waals surface area contributed by atoms with Crippen LogP contribution < -0.4 is 54.1 Å². The zero-order valence-corrected chi connectivity index (χ0v) is 39.1. The highest BCUT2D eigenvalue weighted by Gasteiger charge is 2.29. The van der Waals surface area contributed by atoms with Crippen LogP contribution in [0.3, 0.4) is 0 Å². The summed E-state index contributed by atoms with van der Waals surface area (Å²) in [5.74, 6) is -3.81. The highest BCUT2D eigenvalue weighted by molar-refractivity contribution is 7.84. The van der Waals surface area contributed by atoms with Gasteiger partial charge in [0.25, 0.3) is 0 Å². The number of nitrogens with two attached hydrogens (primary N) is 3. The summed E-state index contributed by atoms with van der Waals surface area (Å²) in [5.41, 5.74) is 18.4. The maximum atomic E-state index is 14.4. The number of ether oxygens (including phenoxy) is 1. The van der Waals surface area contributed by atoms with Crippen molar-refractivity contribution in [1.29, 1.82) is 0 Å². The predicted molar refractivity (Wildman–Crippen MR) is 259 cm³/mol. The number of carbonyl (C=O) groups is 6. The number of nitrogens with zero attached hydrogens (tertiary/aromatic N) is 1. The van der Waals surface area contributed by atoms with E-state index in [0.29, 0.717) is 49.1 Å². The molecule has 5 rings (SSSR count). The molecule has 0 aliphatic heterocycles. The Hall–Kier alpha value is -7.29. The Balaban J connectivity index is 1.41. The van der Waals surface area contributed by atoms with Crippen molar-refractivity contribution in [1.82, 2.24) is 21.3 Å². The number of aliphatic imine (C=N–C) groups is 1. The van der Waals surface area contributed by atoms with Gasteiger partial charge in [-0.05, 0) is 71.6 Å². The standard InChI is InChI=1S/C46H49Cl2N9O10S/c1-25(58)53-36(16-17-68(2)65)43(62)52-23-41(60)56-37(18-27-8-13-31(14-9-27)66-24-33-34(47)4-3-5-35(33)48)45(64)57-38(19-26-6-10-29(11-7-26)55-46(50)51)44(63)54-30-12-15-32-28(20-40(49)59)21-42(61)67-39(32)22-30/h3-15,21-22,36-38H,16-20,23-24H2,1-2H3,(H2,49,59)(H,52,62)(H,53,58)(H,54,63)(H,56,60)(H,57,64)(H4,50,51,55)/t36-,37-,38-,68?/m0/s1. The molecule has 0 fully saturated rings. The molecule has 1 heterocycles. The maximum absolute atomic E-state index is 14.4. The average Bonchev–Trinajstić information content (AvgIpc) is 3.26. The number of halogens is 2. The Morgan fingerprint density at radius 2 is 1.41 bits per heavy atom. The number of anilines is 1. The van der Waals surface area contributed by atoms with Crippen LogP contribution in [0.4, 0.5) is 11.4 Å². The SMILES string of the molecule is CC(=O)N[C@@H](CCS(C)=O)C(=O)NCC(=O)N[C@@H](Cc1ccc(OCc2c(Cl)cccc2Cl)cc1)C(=O)N[C@@H](Cc1ccc(N=C(N)N)cc1)C(=O)Nc1ccc2c(CC(N)=O)cc(=O)oc2c1. The fourth-order valence-electron chi connectivity index (χ4n) is 6.77. The average molecular weight is 991 g/mol. The van der Waals surface area contributed by atoms with Crippen LogP contribution in [0.1, 0.15) is 35.6 Å². The van der Waals surface area contributed by atoms with Crippen LogP contribution in [0.2, 0.25) is 10.0 Å². The molecule has 0 aliphatic carbocycles. The van der Waals surface area contributed by atoms with E-state index in [1.165, 1.54) is 31.4 Å². The zero-order chi connectivity index (χ0) is 49.5. The van der Waals surface area contributed by atoms with E-state index < -0.39 is 76.5 Å². The summed E-state index contributed by atoms with van der Waals surface area (Å²) in [7, 11) is -1.27. The summed E-state index contributed by atoms with van der Waals surface area (Å²) in [5, 5.41) is 14.3. The Labute approximate surface area is 402 Å². The first-order valence-corrected chi connectivity index (χ1v) is 23.3. The van der Waals surface area contributed by atoms with Crippen molar-refractivity contribution in [3.05, 3.63) is 134 Å². The Kier molecular flexibility index (Phi) is 18.6. The molecule has 5 aromatic rings. The van der Waals surface area contributed by atoms with E-state index in [4.69, 9.17) is 49.6 Å². The molecule has 4 atom stereocenters. The van der Waals surface area contributed by atoms with Gasteiger partial charge in [0.15, 0.2) is 5.96 Å². The Morgan fingerprint density at radius 3 is 2.01 bits per heavy atom. The Bertz CT molecular complexity index is 2770. The van der Waals surface area contributed by atoms with E-state index in [-0.39, 0.29) is 55.3 Å². The van der Waals surface area contributed by atoms with E-state index >= 15 is 0 Å². The first-order valence-electron chi connectivity index (χ1n) is 20.8. The predicted octanol–water partition coefficient (Wildman–Crippen LogP) is 2.39. The molecule has 68 heavy (non-hydrogen) atoms. The Morgan fingerprint density at radius 1 is 0.779 bits per heavy atom. The minimum absolute atomic E-state index is 0.0385. The maximum Gasteiger partial charge on any atom is 0.336 e. The number of guanidine groups is 1. The van der Waals surface area contributed by atoms with Gasteiger partial charge in [-0.1, -0.05) is 53.5 Å². The van der Waals surface area contributed by atoms with E-state index in [1.54, 1.807) is 66.7 Å². The van der Waals surface area contributed by atoms with Gasteiger partial charge in [0.05, 0.1) is 18.7 Å². The van der Waals surface area contributed by atoms with Gasteiger partial charge in [-0.15, -0.1) is 0 Å². The normalized spacial score (nSPS) is 12.6. The third-order valence-corrected chi connectivity index (χ3v) is 11.5. The number of primary amides is 1. The van der Waals surface area contributed by atoms with Crippen molar-refractivity contribution in [2.24, 2.45) is 22.2 Å². The lowest BCUT2D eigenvalue weighted by Crippen LogP contribution is -2.55. The molecule has 4 aromatic carbocycles. The number of carbonyl (C=O) groups excluding carboxylic acids is 6. The molecule has 1 aromatic heterocycles. The number of rotatable bonds is 22. The van der Waals surface area contributed by atoms with Crippen LogP contribution in [-0.4, -0.2) is 82.3 Å². The van der Waals surface area contributed by atoms with Crippen molar-refractivity contribution in [2.75, 3.05) is 23.9 Å². The van der Waals surface area contributed by atoms with Gasteiger partial charge in [-0.3, -0.25) is 33.0 Å². The number of benzene rings is 4. The number of hydrogen-bond acceptors (Lipinski definition) is 11. The van der Waals surface area contributed by atoms with Crippen molar-refractivity contribution < 1.29 is 42.1 Å². The lowest BCUT2D eigenvalue weighted by Gasteiger charge is -2.24. The third-order valence-electron chi connectivity index (χ3n) is 10.0. The van der Waals surface area contributed by atoms with Gasteiger partial charge in [0.1, 0.15) is 36.1 Å². The molecule has 1 unspecified atom stereocenters. The zero-order valence-electron chi connectivity index (χ0n) is 36.8. The highest BCUT2D eigenvalue weighted by atomic mass is 35.5. The molecule has 0 radical (unpaired) electrons. The topological polar surface area (TPSA) is 310 Å². The van der Waals surface area contributed by atoms with Crippen LogP contribution >= 0.6 is 23.2 Å². The fraction of sp³-hybridized carbons (Fsp3) is 0.261. The molecular weight excluding hydrogens is 942 g/mol. The minimum atomic E-state index is -1.35. The van der Waals surface area contributed by atoms with Crippen LogP contribution in [-0.2, 0) is 65.4 Å². The second-order valence-corrected chi connectivity index (χ2v) is 17.8. The van der Waals surface area contributed by atoms with E-state index in [9.17, 15) is 37.8 Å². The van der Waals surface area contributed by atoms with Crippen molar-refractivity contribution >= 4 is 97.7 Å². The lowest BCUT2D eigenvalue weighted by atomic mass is 10.0. The third kappa shape index (κ3) is 16.0. The first kappa shape index (κ1) is 51.7. The molecule has 19 nitrogen and oxygen atoms in total. The van der Waals surface area contributed by atoms with E-state index in [0.717, 1.165) is 6.07 Å². The van der Waals surface area contributed by atoms with Gasteiger partial charge < -0.3 is 52.9 Å². The van der Waals surface area contributed by atoms with Gasteiger partial charge >= 0.3 is 5.63 Å². The first-order chi connectivity index (χ1) is 32.3. The molecule has 22 heteroatoms. The van der Waals surface area contributed by atoms with Gasteiger partial charge in [0.2, 0.25) is 35.4 Å². The molecular formula is C46H49Cl2N9O10S. The minimum Gasteiger partial charge on any atom is -0.489 e. The molecule has 6 amide bonds. The summed E-state index contributed by atoms with van der Waals surface area (Å²) in [6.07, 6.45) is 1.06. The lowest BCUT2D eigenvalue weighted by molar-refractivity contribution is -0.132. The van der Waals surface area contributed by atoms with E-state index in [1.807, 2.05) is 0 Å². The molecule has 0 bridgehead atoms. The van der Waals surface area contributed by atoms with Gasteiger partial charge in [-0.25, -0.2) is 9.79 Å². The fourth-order valence-corrected chi connectivity index (χ4v) is 7.84. The molecule has 0 saturated heterocycles. The second kappa shape index (κ2) is 24.5. The second-order valence-electron chi connectivity index (χ2n) is 15.4. The largest absolute Gasteiger partial charge is 0.489 e. The van der Waals surface area contributed by atoms with Gasteiger partial charge in [-0.2, -0.15) is 0 Å². The summed E-state index contributed by atoms with van der Waals surface area (Å²) in [4.78, 5) is 95.1. The van der Waals surface area contributed by atoms with Crippen LogP contribution in [0, 0.1) is 0 Å². The smallest absolute Gasteiger partial charge is 0.336 e. The molecule has 0 spiro atoms. The highest BCUT2D eigenvalue weighted by Crippen LogP contribution is 2.27. The quantitative estimate of drug-likeness (QED) is 0.0282. The number of amides is 6. The molecule has 0 aliphatic rings. The number of fused-ring (bicyclic) bond motifs is 1. The summed E-state index contributed by atoms with van der Waals surface area (Å²) >= 11 is 12.6. The van der Waals surface area contributed by atoms with E-state index in [2.05, 4.69) is 31.6 Å². The molecule has 11 N–H and O–H groups in total.